The number of anilines is 1. The minimum atomic E-state index is -0.720. The maximum Gasteiger partial charge on any atom is 0.240 e. The van der Waals surface area contributed by atoms with Crippen molar-refractivity contribution >= 4 is 11.6 Å². The minimum absolute atomic E-state index is 0.0429. The van der Waals surface area contributed by atoms with Crippen LogP contribution in [0.15, 0.2) is 18.2 Å². The zero-order chi connectivity index (χ0) is 14.0. The van der Waals surface area contributed by atoms with Crippen molar-refractivity contribution in [2.75, 3.05) is 11.4 Å². The van der Waals surface area contributed by atoms with Gasteiger partial charge in [0.2, 0.25) is 5.91 Å². The van der Waals surface area contributed by atoms with Crippen LogP contribution >= 0.6 is 0 Å². The van der Waals surface area contributed by atoms with E-state index >= 15 is 0 Å². The van der Waals surface area contributed by atoms with E-state index < -0.39 is 6.10 Å². The van der Waals surface area contributed by atoms with Crippen molar-refractivity contribution in [1.82, 2.24) is 0 Å². The van der Waals surface area contributed by atoms with Crippen LogP contribution in [0, 0.1) is 0 Å². The highest BCUT2D eigenvalue weighted by molar-refractivity contribution is 5.84. The number of aromatic hydroxyl groups is 1. The molecule has 19 heavy (non-hydrogen) atoms. The number of aliphatic hydroxyl groups excluding tert-OH is 1. The minimum Gasteiger partial charge on any atom is -0.507 e. The number of aliphatic hydroxyl groups is 1. The largest absolute Gasteiger partial charge is 0.507 e. The van der Waals surface area contributed by atoms with Crippen LogP contribution in [0.4, 0.5) is 5.69 Å². The molecule has 1 fully saturated rings. The predicted octanol–water partition coefficient (Wildman–Crippen LogP) is 1.29. The number of carbonyl (C=O) groups excluding carboxylic acids is 1. The number of hydrogen-bond acceptors (Lipinski definition) is 4. The number of benzene rings is 1. The molecule has 5 nitrogen and oxygen atoms in total. The first-order chi connectivity index (χ1) is 9.00. The van der Waals surface area contributed by atoms with E-state index in [1.54, 1.807) is 19.1 Å². The Bertz CT molecular complexity index is 474. The topological polar surface area (TPSA) is 86.8 Å². The highest BCUT2D eigenvalue weighted by Gasteiger charge is 2.27. The molecule has 0 aliphatic carbocycles. The molecule has 4 N–H and O–H groups in total. The second kappa shape index (κ2) is 5.48. The zero-order valence-corrected chi connectivity index (χ0v) is 11.0. The average molecular weight is 264 g/mol. The third-order valence-electron chi connectivity index (χ3n) is 3.63. The molecule has 1 saturated heterocycles. The smallest absolute Gasteiger partial charge is 0.240 e. The fraction of sp³-hybridized carbons (Fsp3) is 0.500. The highest BCUT2D eigenvalue weighted by atomic mass is 16.3. The summed E-state index contributed by atoms with van der Waals surface area (Å²) in [5.41, 5.74) is 6.68. The second-order valence-corrected chi connectivity index (χ2v) is 5.03. The number of carbonyl (C=O) groups is 1. The Balaban J connectivity index is 2.29. The summed E-state index contributed by atoms with van der Waals surface area (Å²) in [5, 5.41) is 19.4. The summed E-state index contributed by atoms with van der Waals surface area (Å²) >= 11 is 0. The maximum atomic E-state index is 11.5. The molecule has 2 rings (SSSR count). The summed E-state index contributed by atoms with van der Waals surface area (Å²) in [5.74, 6) is -0.292. The summed E-state index contributed by atoms with van der Waals surface area (Å²) in [6.45, 7) is 2.35. The Hall–Kier alpha value is -1.75. The summed E-state index contributed by atoms with van der Waals surface area (Å²) in [7, 11) is 0. The van der Waals surface area contributed by atoms with Crippen molar-refractivity contribution in [1.29, 1.82) is 0 Å². The fourth-order valence-corrected chi connectivity index (χ4v) is 2.60. The highest BCUT2D eigenvalue weighted by Crippen LogP contribution is 2.32. The van der Waals surface area contributed by atoms with E-state index in [1.807, 2.05) is 11.0 Å². The van der Waals surface area contributed by atoms with Gasteiger partial charge >= 0.3 is 0 Å². The third kappa shape index (κ3) is 2.81. The summed E-state index contributed by atoms with van der Waals surface area (Å²) in [4.78, 5) is 13.4. The average Bonchev–Trinajstić information content (AvgIpc) is 2.38. The van der Waals surface area contributed by atoms with Gasteiger partial charge in [0.25, 0.3) is 0 Å². The van der Waals surface area contributed by atoms with E-state index in [1.165, 1.54) is 0 Å². The Morgan fingerprint density at radius 1 is 1.47 bits per heavy atom. The van der Waals surface area contributed by atoms with Gasteiger partial charge in [-0.15, -0.1) is 0 Å². The molecule has 1 aliphatic rings. The zero-order valence-electron chi connectivity index (χ0n) is 11.0. The van der Waals surface area contributed by atoms with Crippen LogP contribution < -0.4 is 10.6 Å². The van der Waals surface area contributed by atoms with Crippen LogP contribution in [0.25, 0.3) is 0 Å². The Morgan fingerprint density at radius 2 is 2.21 bits per heavy atom. The summed E-state index contributed by atoms with van der Waals surface area (Å²) in [6.07, 6.45) is 2.01. The lowest BCUT2D eigenvalue weighted by Crippen LogP contribution is -2.47. The molecular formula is C14H20N2O3. The molecule has 5 heteroatoms. The lowest BCUT2D eigenvalue weighted by Gasteiger charge is -2.35. The van der Waals surface area contributed by atoms with Crippen LogP contribution in [0.5, 0.6) is 5.75 Å². The number of phenolic OH excluding ortho intramolecular Hbond substituents is 1. The van der Waals surface area contributed by atoms with Crippen molar-refractivity contribution < 1.29 is 15.0 Å². The van der Waals surface area contributed by atoms with Gasteiger partial charge in [-0.1, -0.05) is 6.07 Å². The molecule has 2 unspecified atom stereocenters. The molecule has 0 saturated carbocycles. The summed E-state index contributed by atoms with van der Waals surface area (Å²) < 4.78 is 0. The predicted molar refractivity (Wildman–Crippen MR) is 72.9 cm³/mol. The van der Waals surface area contributed by atoms with Gasteiger partial charge in [-0.2, -0.15) is 0 Å². The van der Waals surface area contributed by atoms with E-state index in [0.29, 0.717) is 5.56 Å². The van der Waals surface area contributed by atoms with Gasteiger partial charge in [0.15, 0.2) is 0 Å². The molecule has 0 spiro atoms. The van der Waals surface area contributed by atoms with Crippen LogP contribution in [0.3, 0.4) is 0 Å². The number of hydrogen-bond donors (Lipinski definition) is 3. The molecule has 0 bridgehead atoms. The number of piperidine rings is 1. The van der Waals surface area contributed by atoms with Gasteiger partial charge in [-0.05, 0) is 32.3 Å². The van der Waals surface area contributed by atoms with E-state index in [9.17, 15) is 15.0 Å². The molecule has 2 atom stereocenters. The Kier molecular flexibility index (Phi) is 3.95. The first kappa shape index (κ1) is 13.7. The van der Waals surface area contributed by atoms with E-state index in [0.717, 1.165) is 31.5 Å². The number of phenols is 1. The molecule has 104 valence electrons. The number of amides is 1. The van der Waals surface area contributed by atoms with E-state index in [2.05, 4.69) is 0 Å². The van der Waals surface area contributed by atoms with Gasteiger partial charge in [0.1, 0.15) is 11.8 Å². The standard InChI is InChI=1S/C14H20N2O3/c1-9(17)11-6-5-10(8-13(11)18)16-7-3-2-4-12(16)14(15)19/h5-6,8-9,12,17-18H,2-4,7H2,1H3,(H2,15,19). The third-order valence-corrected chi connectivity index (χ3v) is 3.63. The van der Waals surface area contributed by atoms with Gasteiger partial charge in [0, 0.05) is 23.9 Å². The van der Waals surface area contributed by atoms with Crippen LogP contribution in [-0.4, -0.2) is 28.7 Å². The van der Waals surface area contributed by atoms with E-state index in [4.69, 9.17) is 5.73 Å². The quantitative estimate of drug-likeness (QED) is 0.767. The van der Waals surface area contributed by atoms with Crippen LogP contribution in [0.2, 0.25) is 0 Å². The summed E-state index contributed by atoms with van der Waals surface area (Å²) in [6, 6.07) is 4.76. The Morgan fingerprint density at radius 3 is 2.79 bits per heavy atom. The number of nitrogens with two attached hydrogens (primary N) is 1. The molecule has 1 aromatic carbocycles. The van der Waals surface area contributed by atoms with Crippen molar-refractivity contribution in [3.8, 4) is 5.75 Å². The van der Waals surface area contributed by atoms with Crippen molar-refractivity contribution in [3.05, 3.63) is 23.8 Å². The van der Waals surface area contributed by atoms with Crippen LogP contribution in [0.1, 0.15) is 37.9 Å². The molecule has 0 aromatic heterocycles. The normalized spacial score (nSPS) is 21.2. The van der Waals surface area contributed by atoms with Gasteiger partial charge in [-0.25, -0.2) is 0 Å². The molecule has 0 radical (unpaired) electrons. The van der Waals surface area contributed by atoms with Crippen LogP contribution in [-0.2, 0) is 4.79 Å². The lowest BCUT2D eigenvalue weighted by atomic mass is 10.00. The maximum absolute atomic E-state index is 11.5. The van der Waals surface area contributed by atoms with Gasteiger partial charge in [-0.3, -0.25) is 4.79 Å². The van der Waals surface area contributed by atoms with Gasteiger partial charge < -0.3 is 20.8 Å². The van der Waals surface area contributed by atoms with Gasteiger partial charge in [0.05, 0.1) is 6.10 Å². The van der Waals surface area contributed by atoms with Crippen molar-refractivity contribution in [2.24, 2.45) is 5.73 Å². The van der Waals surface area contributed by atoms with E-state index in [-0.39, 0.29) is 17.7 Å². The number of primary amides is 1. The molecular weight excluding hydrogens is 244 g/mol. The first-order valence-corrected chi connectivity index (χ1v) is 6.57. The van der Waals surface area contributed by atoms with Crippen molar-refractivity contribution in [3.63, 3.8) is 0 Å². The number of rotatable bonds is 3. The monoisotopic (exact) mass is 264 g/mol. The Labute approximate surface area is 112 Å². The second-order valence-electron chi connectivity index (χ2n) is 5.03. The first-order valence-electron chi connectivity index (χ1n) is 6.57. The fourth-order valence-electron chi connectivity index (χ4n) is 2.60. The lowest BCUT2D eigenvalue weighted by molar-refractivity contribution is -0.119. The van der Waals surface area contributed by atoms with Crippen molar-refractivity contribution in [2.45, 2.75) is 38.3 Å². The molecule has 1 amide bonds. The molecule has 1 aromatic rings. The number of nitrogens with zero attached hydrogens (tertiary/aromatic N) is 1. The molecule has 1 heterocycles. The molecule has 1 aliphatic heterocycles. The SMILES string of the molecule is CC(O)c1ccc(N2CCCCC2C(N)=O)cc1O.